The second-order valence-electron chi connectivity index (χ2n) is 2.58. The molecule has 1 aromatic rings. The molecule has 0 N–H and O–H groups in total. The minimum Gasteiger partial charge on any atom is -0.496 e. The zero-order valence-corrected chi connectivity index (χ0v) is 8.82. The van der Waals surface area contributed by atoms with Crippen molar-refractivity contribution in [2.24, 2.45) is 0 Å². The van der Waals surface area contributed by atoms with E-state index in [0.717, 1.165) is 11.1 Å². The van der Waals surface area contributed by atoms with Crippen molar-refractivity contribution >= 4 is 28.8 Å². The van der Waals surface area contributed by atoms with Gasteiger partial charge in [-0.1, -0.05) is 18.2 Å². The largest absolute Gasteiger partial charge is 0.496 e. The molecular formula is C10H10Cl2O. The molecule has 1 nitrogen and oxygen atoms in total. The number of hydrogen-bond donors (Lipinski definition) is 0. The van der Waals surface area contributed by atoms with Gasteiger partial charge in [-0.3, -0.25) is 0 Å². The highest BCUT2D eigenvalue weighted by Crippen LogP contribution is 2.28. The third-order valence-corrected chi connectivity index (χ3v) is 2.26. The lowest BCUT2D eigenvalue weighted by molar-refractivity contribution is 0.413. The second-order valence-corrected chi connectivity index (χ2v) is 3.29. The van der Waals surface area contributed by atoms with E-state index in [0.29, 0.717) is 16.7 Å². The molecule has 1 aromatic carbocycles. The standard InChI is InChI=1S/C10H10Cl2O/c1-7(6-11)9-4-3-8(12)5-10(9)13-2/h3-5H,1,6H2,2H3. The first-order valence-corrected chi connectivity index (χ1v) is 4.68. The van der Waals surface area contributed by atoms with Gasteiger partial charge in [-0.2, -0.15) is 0 Å². The third kappa shape index (κ3) is 2.39. The molecule has 0 unspecified atom stereocenters. The summed E-state index contributed by atoms with van der Waals surface area (Å²) in [7, 11) is 1.59. The molecule has 3 heteroatoms. The van der Waals surface area contributed by atoms with Crippen LogP contribution in [0.2, 0.25) is 5.02 Å². The van der Waals surface area contributed by atoms with Gasteiger partial charge in [0.1, 0.15) is 5.75 Å². The maximum absolute atomic E-state index is 5.80. The molecule has 13 heavy (non-hydrogen) atoms. The number of halogens is 2. The summed E-state index contributed by atoms with van der Waals surface area (Å²) in [4.78, 5) is 0. The van der Waals surface area contributed by atoms with E-state index in [1.807, 2.05) is 6.07 Å². The lowest BCUT2D eigenvalue weighted by Gasteiger charge is -2.08. The summed E-state index contributed by atoms with van der Waals surface area (Å²) in [5, 5.41) is 0.642. The molecule has 1 rings (SSSR count). The smallest absolute Gasteiger partial charge is 0.127 e. The van der Waals surface area contributed by atoms with Crippen LogP contribution in [0.3, 0.4) is 0 Å². The van der Waals surface area contributed by atoms with E-state index in [-0.39, 0.29) is 0 Å². The van der Waals surface area contributed by atoms with E-state index >= 15 is 0 Å². The molecule has 0 saturated carbocycles. The number of benzene rings is 1. The quantitative estimate of drug-likeness (QED) is 0.703. The summed E-state index contributed by atoms with van der Waals surface area (Å²) in [6, 6.07) is 5.39. The molecule has 0 bridgehead atoms. The molecule has 0 aromatic heterocycles. The van der Waals surface area contributed by atoms with E-state index in [4.69, 9.17) is 27.9 Å². The van der Waals surface area contributed by atoms with Crippen LogP contribution in [0.1, 0.15) is 5.56 Å². The van der Waals surface area contributed by atoms with E-state index < -0.39 is 0 Å². The monoisotopic (exact) mass is 216 g/mol. The predicted octanol–water partition coefficient (Wildman–Crippen LogP) is 3.60. The molecular weight excluding hydrogens is 207 g/mol. The van der Waals surface area contributed by atoms with Crippen molar-refractivity contribution in [3.63, 3.8) is 0 Å². The van der Waals surface area contributed by atoms with E-state index in [1.165, 1.54) is 0 Å². The summed E-state index contributed by atoms with van der Waals surface area (Å²) in [6.07, 6.45) is 0. The molecule has 0 amide bonds. The highest BCUT2D eigenvalue weighted by molar-refractivity contribution is 6.30. The SMILES string of the molecule is C=C(CCl)c1ccc(Cl)cc1OC. The summed E-state index contributed by atoms with van der Waals surface area (Å²) < 4.78 is 5.15. The fraction of sp³-hybridized carbons (Fsp3) is 0.200. The van der Waals surface area contributed by atoms with Crippen molar-refractivity contribution in [1.82, 2.24) is 0 Å². The lowest BCUT2D eigenvalue weighted by atomic mass is 10.1. The van der Waals surface area contributed by atoms with Gasteiger partial charge in [0, 0.05) is 16.5 Å². The van der Waals surface area contributed by atoms with E-state index in [2.05, 4.69) is 6.58 Å². The normalized spacial score (nSPS) is 9.77. The first-order valence-electron chi connectivity index (χ1n) is 3.76. The maximum atomic E-state index is 5.80. The number of alkyl halides is 1. The highest BCUT2D eigenvalue weighted by atomic mass is 35.5. The molecule has 0 atom stereocenters. The Kier molecular flexibility index (Phi) is 3.64. The van der Waals surface area contributed by atoms with Crippen LogP contribution in [0.25, 0.3) is 5.57 Å². The molecule has 0 aliphatic carbocycles. The number of hydrogen-bond acceptors (Lipinski definition) is 1. The number of ether oxygens (including phenoxy) is 1. The van der Waals surface area contributed by atoms with Crippen molar-refractivity contribution in [3.8, 4) is 5.75 Å². The van der Waals surface area contributed by atoms with Gasteiger partial charge in [-0.25, -0.2) is 0 Å². The van der Waals surface area contributed by atoms with Gasteiger partial charge in [0.05, 0.1) is 7.11 Å². The fourth-order valence-electron chi connectivity index (χ4n) is 1.03. The van der Waals surface area contributed by atoms with Crippen LogP contribution in [0, 0.1) is 0 Å². The van der Waals surface area contributed by atoms with E-state index in [9.17, 15) is 0 Å². The average molecular weight is 217 g/mol. The van der Waals surface area contributed by atoms with Crippen LogP contribution in [0.5, 0.6) is 5.75 Å². The topological polar surface area (TPSA) is 9.23 Å². The van der Waals surface area contributed by atoms with Gasteiger partial charge in [-0.15, -0.1) is 11.6 Å². The van der Waals surface area contributed by atoms with Crippen molar-refractivity contribution in [1.29, 1.82) is 0 Å². The average Bonchev–Trinajstić information content (AvgIpc) is 2.16. The zero-order chi connectivity index (χ0) is 9.84. The maximum Gasteiger partial charge on any atom is 0.127 e. The first kappa shape index (κ1) is 10.4. The molecule has 0 aliphatic rings. The van der Waals surface area contributed by atoms with Gasteiger partial charge in [0.2, 0.25) is 0 Å². The summed E-state index contributed by atoms with van der Waals surface area (Å²) >= 11 is 11.5. The minimum absolute atomic E-state index is 0.387. The summed E-state index contributed by atoms with van der Waals surface area (Å²) in [6.45, 7) is 3.83. The Hall–Kier alpha value is -0.660. The Balaban J connectivity index is 3.13. The summed E-state index contributed by atoms with van der Waals surface area (Å²) in [5.74, 6) is 1.09. The van der Waals surface area contributed by atoms with Gasteiger partial charge >= 0.3 is 0 Å². The van der Waals surface area contributed by atoms with Gasteiger partial charge in [-0.05, 0) is 23.8 Å². The molecule has 0 radical (unpaired) electrons. The molecule has 0 saturated heterocycles. The zero-order valence-electron chi connectivity index (χ0n) is 7.31. The summed E-state index contributed by atoms with van der Waals surface area (Å²) in [5.41, 5.74) is 1.73. The number of methoxy groups -OCH3 is 1. The van der Waals surface area contributed by atoms with Crippen molar-refractivity contribution in [3.05, 3.63) is 35.4 Å². The van der Waals surface area contributed by atoms with Crippen molar-refractivity contribution in [2.45, 2.75) is 0 Å². The van der Waals surface area contributed by atoms with Crippen molar-refractivity contribution < 1.29 is 4.74 Å². The first-order chi connectivity index (χ1) is 6.19. The highest BCUT2D eigenvalue weighted by Gasteiger charge is 2.05. The fourth-order valence-corrected chi connectivity index (χ4v) is 1.34. The van der Waals surface area contributed by atoms with Gasteiger partial charge in [0.25, 0.3) is 0 Å². The molecule has 70 valence electrons. The number of rotatable bonds is 3. The van der Waals surface area contributed by atoms with Gasteiger partial charge < -0.3 is 4.74 Å². The van der Waals surface area contributed by atoms with Crippen molar-refractivity contribution in [2.75, 3.05) is 13.0 Å². The van der Waals surface area contributed by atoms with Crippen LogP contribution in [-0.4, -0.2) is 13.0 Å². The second kappa shape index (κ2) is 4.54. The Morgan fingerprint density at radius 3 is 2.77 bits per heavy atom. The van der Waals surface area contributed by atoms with Gasteiger partial charge in [0.15, 0.2) is 0 Å². The molecule has 0 aliphatic heterocycles. The molecule has 0 fully saturated rings. The Bertz CT molecular complexity index is 321. The molecule has 0 heterocycles. The van der Waals surface area contributed by atoms with E-state index in [1.54, 1.807) is 19.2 Å². The third-order valence-electron chi connectivity index (χ3n) is 1.71. The van der Waals surface area contributed by atoms with Crippen LogP contribution in [0.4, 0.5) is 0 Å². The predicted molar refractivity (Wildman–Crippen MR) is 57.8 cm³/mol. The lowest BCUT2D eigenvalue weighted by Crippen LogP contribution is -1.91. The van der Waals surface area contributed by atoms with Crippen LogP contribution in [-0.2, 0) is 0 Å². The van der Waals surface area contributed by atoms with Crippen LogP contribution in [0.15, 0.2) is 24.8 Å². The van der Waals surface area contributed by atoms with Crippen LogP contribution < -0.4 is 4.74 Å². The minimum atomic E-state index is 0.387. The Morgan fingerprint density at radius 2 is 2.23 bits per heavy atom. The number of allylic oxidation sites excluding steroid dienone is 1. The van der Waals surface area contributed by atoms with Crippen LogP contribution >= 0.6 is 23.2 Å². The molecule has 0 spiro atoms. The Labute approximate surface area is 87.9 Å². The Morgan fingerprint density at radius 1 is 1.54 bits per heavy atom.